The van der Waals surface area contributed by atoms with Crippen molar-refractivity contribution in [2.45, 2.75) is 127 Å². The Kier molecular flexibility index (Phi) is 8.97. The first-order valence-electron chi connectivity index (χ1n) is 27.9. The van der Waals surface area contributed by atoms with Crippen molar-refractivity contribution in [2.75, 3.05) is 4.90 Å². The van der Waals surface area contributed by atoms with Gasteiger partial charge in [-0.25, -0.2) is 0 Å². The van der Waals surface area contributed by atoms with Crippen LogP contribution in [0.1, 0.15) is 127 Å². The maximum absolute atomic E-state index is 2.90. The highest BCUT2D eigenvalue weighted by Gasteiger charge is 2.48. The van der Waals surface area contributed by atoms with E-state index in [9.17, 15) is 0 Å². The van der Waals surface area contributed by atoms with Crippen LogP contribution in [0, 0.1) is 11.8 Å². The summed E-state index contributed by atoms with van der Waals surface area (Å²) in [5, 5.41) is 9.69. The van der Waals surface area contributed by atoms with Gasteiger partial charge in [-0.1, -0.05) is 175 Å². The van der Waals surface area contributed by atoms with E-state index >= 15 is 0 Å². The highest BCUT2D eigenvalue weighted by molar-refractivity contribution is 7.32. The van der Waals surface area contributed by atoms with Gasteiger partial charge in [0.05, 0.1) is 11.4 Å². The Labute approximate surface area is 429 Å². The zero-order valence-electron chi connectivity index (χ0n) is 42.3. The van der Waals surface area contributed by atoms with Crippen molar-refractivity contribution in [1.29, 1.82) is 0 Å². The van der Waals surface area contributed by atoms with Crippen molar-refractivity contribution < 1.29 is 0 Å². The Morgan fingerprint density at radius 1 is 0.542 bits per heavy atom. The fourth-order valence-corrected chi connectivity index (χ4v) is 18.0. The minimum absolute atomic E-state index is 0.000878. The van der Waals surface area contributed by atoms with Gasteiger partial charge in [0, 0.05) is 53.5 Å². The van der Waals surface area contributed by atoms with Crippen LogP contribution in [0.2, 0.25) is 0 Å². The summed E-state index contributed by atoms with van der Waals surface area (Å²) in [6.45, 7) is 7.07. The minimum atomic E-state index is -0.00997. The van der Waals surface area contributed by atoms with Gasteiger partial charge in [0.2, 0.25) is 0 Å². The lowest BCUT2D eigenvalue weighted by atomic mass is 9.48. The summed E-state index contributed by atoms with van der Waals surface area (Å²) >= 11 is 2.06. The van der Waals surface area contributed by atoms with Gasteiger partial charge in [-0.3, -0.25) is 0 Å². The Morgan fingerprint density at radius 2 is 1.21 bits per heavy atom. The molecule has 0 spiro atoms. The number of benzene rings is 8. The van der Waals surface area contributed by atoms with E-state index in [4.69, 9.17) is 0 Å². The molecule has 0 N–H and O–H groups in total. The van der Waals surface area contributed by atoms with Crippen LogP contribution >= 0.6 is 11.3 Å². The first-order valence-corrected chi connectivity index (χ1v) is 28.7. The van der Waals surface area contributed by atoms with Crippen molar-refractivity contribution in [3.63, 3.8) is 0 Å². The summed E-state index contributed by atoms with van der Waals surface area (Å²) in [6, 6.07) is 58.2. The summed E-state index contributed by atoms with van der Waals surface area (Å²) in [7, 11) is 0. The third-order valence-electron chi connectivity index (χ3n) is 19.9. The Balaban J connectivity index is 1.07. The molecule has 2 nitrogen and oxygen atoms in total. The molecule has 72 heavy (non-hydrogen) atoms. The molecule has 0 saturated heterocycles. The Morgan fingerprint density at radius 3 is 1.94 bits per heavy atom. The Hall–Kier alpha value is -6.10. The number of hydrogen-bond acceptors (Lipinski definition) is 2. The molecule has 2 aliphatic heterocycles. The van der Waals surface area contributed by atoms with Gasteiger partial charge < -0.3 is 9.38 Å². The summed E-state index contributed by atoms with van der Waals surface area (Å²) in [5.41, 5.74) is 18.8. The maximum atomic E-state index is 2.90. The van der Waals surface area contributed by atoms with E-state index in [0.29, 0.717) is 5.41 Å². The molecule has 4 fully saturated rings. The molecule has 0 amide bonds. The summed E-state index contributed by atoms with van der Waals surface area (Å²) in [4.78, 5) is 2.75. The standard InChI is InChI=1S/C68H63BN2S/c1-66(2,3)47-26-29-57(53(36-47)44-19-5-4-6-20-44)70-59-35-46-22-8-9-23-50(46)60-56-39-49(68-33-13-17-43(41-68)18-14-34-68)38-55-54-37-48(67-31-11-15-42(40-67)16-12-32-67)27-30-58(54)71(62(55)56)69(61(59)60)65-63(70)52-28-25-45-21-7-10-24-51(45)64(52)72-65/h4-10,19-30,35-39,42-43H,11-18,31-34,40-41H2,1-3H3. The van der Waals surface area contributed by atoms with Gasteiger partial charge in [-0.2, -0.15) is 0 Å². The summed E-state index contributed by atoms with van der Waals surface area (Å²) < 4.78 is 5.73. The van der Waals surface area contributed by atoms with E-state index in [1.165, 1.54) is 198 Å². The van der Waals surface area contributed by atoms with E-state index in [1.807, 2.05) is 0 Å². The third-order valence-corrected chi connectivity index (χ3v) is 21.2. The molecule has 4 heteroatoms. The van der Waals surface area contributed by atoms with E-state index in [2.05, 4.69) is 187 Å². The predicted octanol–water partition coefficient (Wildman–Crippen LogP) is 17.9. The fourth-order valence-electron chi connectivity index (χ4n) is 16.6. The topological polar surface area (TPSA) is 8.17 Å². The van der Waals surface area contributed by atoms with Gasteiger partial charge >= 0.3 is 6.85 Å². The van der Waals surface area contributed by atoms with Gasteiger partial charge in [-0.15, -0.1) is 11.3 Å². The molecule has 4 heterocycles. The number of nitrogens with zero attached hydrogens (tertiary/aromatic N) is 2. The molecule has 4 bridgehead atoms. The second-order valence-electron chi connectivity index (χ2n) is 24.8. The number of fused-ring (bicyclic) bond motifs is 17. The minimum Gasteiger partial charge on any atom is -0.375 e. The third kappa shape index (κ3) is 5.91. The fraction of sp³-hybridized carbons (Fsp3) is 0.324. The van der Waals surface area contributed by atoms with Crippen molar-refractivity contribution in [3.05, 3.63) is 162 Å². The van der Waals surface area contributed by atoms with Crippen LogP contribution in [-0.2, 0) is 16.2 Å². The van der Waals surface area contributed by atoms with Crippen LogP contribution in [0.4, 0.5) is 17.1 Å². The molecular formula is C68H63BN2S. The molecule has 2 aromatic heterocycles. The zero-order valence-corrected chi connectivity index (χ0v) is 43.1. The molecule has 0 radical (unpaired) electrons. The quantitative estimate of drug-likeness (QED) is 0.160. The van der Waals surface area contributed by atoms with Crippen LogP contribution in [0.25, 0.3) is 75.7 Å². The largest absolute Gasteiger partial charge is 0.375 e. The lowest BCUT2D eigenvalue weighted by Gasteiger charge is -2.46. The van der Waals surface area contributed by atoms with Crippen molar-refractivity contribution in [3.8, 4) is 22.3 Å². The van der Waals surface area contributed by atoms with E-state index in [0.717, 1.165) is 11.8 Å². The highest BCUT2D eigenvalue weighted by Crippen LogP contribution is 2.57. The maximum Gasteiger partial charge on any atom is 0.343 e. The lowest BCUT2D eigenvalue weighted by molar-refractivity contribution is 0.149. The number of rotatable bonds is 4. The van der Waals surface area contributed by atoms with Crippen molar-refractivity contribution >= 4 is 98.9 Å². The number of anilines is 3. The predicted molar refractivity (Wildman–Crippen MR) is 309 cm³/mol. The summed E-state index contributed by atoms with van der Waals surface area (Å²) in [5.74, 6) is 1.74. The molecule has 4 aliphatic carbocycles. The highest BCUT2D eigenvalue weighted by atomic mass is 32.1. The zero-order chi connectivity index (χ0) is 47.7. The second kappa shape index (κ2) is 15.2. The van der Waals surface area contributed by atoms with Gasteiger partial charge in [0.25, 0.3) is 0 Å². The summed E-state index contributed by atoms with van der Waals surface area (Å²) in [6.07, 6.45) is 19.2. The molecule has 354 valence electrons. The molecule has 10 aromatic rings. The van der Waals surface area contributed by atoms with Gasteiger partial charge in [-0.05, 0) is 164 Å². The van der Waals surface area contributed by atoms with Crippen LogP contribution in [0.5, 0.6) is 0 Å². The normalized spacial score (nSPS) is 23.3. The smallest absolute Gasteiger partial charge is 0.343 e. The average molecular weight is 951 g/mol. The molecule has 6 aliphatic rings. The molecule has 4 saturated carbocycles. The van der Waals surface area contributed by atoms with Crippen LogP contribution in [-0.4, -0.2) is 11.3 Å². The van der Waals surface area contributed by atoms with E-state index in [1.54, 1.807) is 11.1 Å². The first-order chi connectivity index (χ1) is 35.2. The van der Waals surface area contributed by atoms with Crippen molar-refractivity contribution in [2.24, 2.45) is 11.8 Å². The van der Waals surface area contributed by atoms with Crippen LogP contribution < -0.4 is 15.1 Å². The van der Waals surface area contributed by atoms with Crippen molar-refractivity contribution in [1.82, 2.24) is 4.48 Å². The second-order valence-corrected chi connectivity index (χ2v) is 25.8. The lowest BCUT2D eigenvalue weighted by Crippen LogP contribution is -2.55. The van der Waals surface area contributed by atoms with E-state index in [-0.39, 0.29) is 17.7 Å². The molecular weight excluding hydrogens is 888 g/mol. The van der Waals surface area contributed by atoms with Crippen LogP contribution in [0.15, 0.2) is 146 Å². The number of thiophene rings is 1. The molecule has 16 rings (SSSR count). The van der Waals surface area contributed by atoms with Gasteiger partial charge in [0.15, 0.2) is 0 Å². The SMILES string of the molecule is CC(C)(C)c1ccc(N2c3cc4ccccc4c4c3B(c3sc5c(ccc6ccccc65)c32)n2c3ccc(C56CCCC(CCC5)C6)cc3c3cc(C56CCCC(CCC5)C6)cc-4c32)c(-c2ccccc2)c1. The van der Waals surface area contributed by atoms with Crippen LogP contribution in [0.3, 0.4) is 0 Å². The molecule has 8 aromatic carbocycles. The first kappa shape index (κ1) is 42.4. The number of hydrogen-bond donors (Lipinski definition) is 0. The average Bonchev–Trinajstić information content (AvgIpc) is 3.97. The van der Waals surface area contributed by atoms with E-state index < -0.39 is 0 Å². The van der Waals surface area contributed by atoms with Gasteiger partial charge in [0.1, 0.15) is 0 Å². The monoisotopic (exact) mass is 950 g/mol. The molecule has 0 unspecified atom stereocenters. The Bertz CT molecular complexity index is 3900. The molecule has 0 atom stereocenters. The number of aromatic nitrogens is 1.